The normalized spacial score (nSPS) is 30.5. The Bertz CT molecular complexity index is 814. The first-order chi connectivity index (χ1) is 16.4. The molecule has 0 aromatic heterocycles. The second-order valence-electron chi connectivity index (χ2n) is 11.8. The summed E-state index contributed by atoms with van der Waals surface area (Å²) in [5.74, 6) is 0.705. The average molecular weight is 525 g/mol. The number of thioether (sulfide) groups is 1. The van der Waals surface area contributed by atoms with Gasteiger partial charge in [0.2, 0.25) is 5.91 Å². The fourth-order valence-corrected chi connectivity index (χ4v) is 8.01. The van der Waals surface area contributed by atoms with E-state index >= 15 is 0 Å². The van der Waals surface area contributed by atoms with Crippen LogP contribution in [0.4, 0.5) is 4.79 Å². The van der Waals surface area contributed by atoms with Crippen LogP contribution in [0.1, 0.15) is 53.4 Å². The molecule has 0 aromatic rings. The molecule has 3 aliphatic rings. The molecule has 0 aromatic carbocycles. The molecule has 35 heavy (non-hydrogen) atoms. The predicted octanol–water partition coefficient (Wildman–Crippen LogP) is 4.63. The molecule has 7 nitrogen and oxygen atoms in total. The third-order valence-electron chi connectivity index (χ3n) is 8.32. The van der Waals surface area contributed by atoms with Crippen LogP contribution >= 0.6 is 11.8 Å². The van der Waals surface area contributed by atoms with Crippen molar-refractivity contribution in [2.45, 2.75) is 88.9 Å². The predicted molar refractivity (Wildman–Crippen MR) is 143 cm³/mol. The van der Waals surface area contributed by atoms with Crippen LogP contribution in [0.15, 0.2) is 12.7 Å². The zero-order chi connectivity index (χ0) is 26.0. The second-order valence-corrected chi connectivity index (χ2v) is 17.9. The number of hydrogen-bond donors (Lipinski definition) is 1. The molecule has 0 bridgehead atoms. The summed E-state index contributed by atoms with van der Waals surface area (Å²) < 4.78 is 11.7. The first kappa shape index (κ1) is 28.3. The average Bonchev–Trinajstić information content (AvgIpc) is 3.23. The van der Waals surface area contributed by atoms with E-state index in [0.29, 0.717) is 24.1 Å². The van der Waals surface area contributed by atoms with Crippen LogP contribution in [0.5, 0.6) is 0 Å². The highest BCUT2D eigenvalue weighted by atomic mass is 32.2. The van der Waals surface area contributed by atoms with Crippen molar-refractivity contribution in [2.24, 2.45) is 17.8 Å². The Hall–Kier alpha value is -1.32. The Morgan fingerprint density at radius 2 is 2.00 bits per heavy atom. The quantitative estimate of drug-likeness (QED) is 0.269. The van der Waals surface area contributed by atoms with E-state index in [1.807, 2.05) is 6.92 Å². The number of ether oxygens (including phenoxy) is 1. The second kappa shape index (κ2) is 11.4. The van der Waals surface area contributed by atoms with E-state index in [2.05, 4.69) is 45.8 Å². The minimum atomic E-state index is -2.01. The fraction of sp³-hybridized carbons (Fsp3) is 0.808. The Morgan fingerprint density at radius 3 is 2.63 bits per heavy atom. The Labute approximate surface area is 216 Å². The summed E-state index contributed by atoms with van der Waals surface area (Å²) >= 11 is 1.80. The van der Waals surface area contributed by atoms with Gasteiger partial charge in [-0.1, -0.05) is 39.8 Å². The number of nitrogens with one attached hydrogen (secondary N) is 1. The van der Waals surface area contributed by atoms with Gasteiger partial charge in [-0.3, -0.25) is 9.59 Å². The van der Waals surface area contributed by atoms with Gasteiger partial charge in [-0.2, -0.15) is 11.8 Å². The molecule has 3 rings (SSSR count). The van der Waals surface area contributed by atoms with Crippen LogP contribution in [0.3, 0.4) is 0 Å². The molecule has 198 valence electrons. The minimum Gasteiger partial charge on any atom is -0.445 e. The van der Waals surface area contributed by atoms with Gasteiger partial charge >= 0.3 is 6.09 Å². The molecule has 0 unspecified atom stereocenters. The molecule has 6 atom stereocenters. The first-order valence-corrected chi connectivity index (χ1v) is 17.0. The highest BCUT2D eigenvalue weighted by molar-refractivity contribution is 8.00. The summed E-state index contributed by atoms with van der Waals surface area (Å²) in [6.07, 6.45) is 4.75. The number of hydrogen-bond acceptors (Lipinski definition) is 6. The number of β-lactam (4-membered cyclic amide) rings is 1. The smallest absolute Gasteiger partial charge is 0.410 e. The van der Waals surface area contributed by atoms with Crippen molar-refractivity contribution in [3.8, 4) is 0 Å². The van der Waals surface area contributed by atoms with Crippen molar-refractivity contribution in [1.29, 1.82) is 0 Å². The zero-order valence-corrected chi connectivity index (χ0v) is 24.1. The first-order valence-electron chi connectivity index (χ1n) is 13.0. The van der Waals surface area contributed by atoms with E-state index in [9.17, 15) is 14.4 Å². The van der Waals surface area contributed by atoms with Crippen molar-refractivity contribution >= 4 is 37.9 Å². The standard InChI is InChI=1S/C26H44N2O5SSi/c1-8-14-32-25(31)28-13-12-19(15-28)34-16-18-10-9-11-20(23(18)29)22-21(24(30)27-22)17(2)33-35(6,7)26(3,4)5/h8,17-22H,1,9-16H2,2-7H3,(H,27,30)/t17-,18+,19+,20-,21-,22-/m1/s1. The van der Waals surface area contributed by atoms with Crippen LogP contribution in [0.25, 0.3) is 0 Å². The van der Waals surface area contributed by atoms with Gasteiger partial charge in [-0.05, 0) is 44.3 Å². The van der Waals surface area contributed by atoms with Crippen molar-refractivity contribution in [3.05, 3.63) is 12.7 Å². The molecule has 0 spiro atoms. The third kappa shape index (κ3) is 6.52. The molecular weight excluding hydrogens is 480 g/mol. The van der Waals surface area contributed by atoms with Crippen molar-refractivity contribution < 1.29 is 23.5 Å². The number of carbonyl (C=O) groups excluding carboxylic acids is 3. The topological polar surface area (TPSA) is 84.9 Å². The summed E-state index contributed by atoms with van der Waals surface area (Å²) in [6.45, 7) is 18.2. The van der Waals surface area contributed by atoms with Gasteiger partial charge in [0.1, 0.15) is 12.4 Å². The fourth-order valence-electron chi connectivity index (χ4n) is 5.19. The van der Waals surface area contributed by atoms with Gasteiger partial charge in [0.25, 0.3) is 0 Å². The van der Waals surface area contributed by atoms with E-state index in [0.717, 1.165) is 31.4 Å². The van der Waals surface area contributed by atoms with Crippen LogP contribution in [0, 0.1) is 17.8 Å². The van der Waals surface area contributed by atoms with E-state index in [-0.39, 0.29) is 53.5 Å². The summed E-state index contributed by atoms with van der Waals surface area (Å²) in [5, 5.41) is 3.45. The van der Waals surface area contributed by atoms with Crippen LogP contribution in [-0.4, -0.2) is 73.8 Å². The highest BCUT2D eigenvalue weighted by Crippen LogP contribution is 2.41. The van der Waals surface area contributed by atoms with Crippen molar-refractivity contribution in [2.75, 3.05) is 25.4 Å². The Kier molecular flexibility index (Phi) is 9.19. The van der Waals surface area contributed by atoms with Gasteiger partial charge in [0.05, 0.1) is 18.1 Å². The number of likely N-dealkylation sites (tertiary alicyclic amines) is 1. The van der Waals surface area contributed by atoms with Gasteiger partial charge in [0.15, 0.2) is 8.32 Å². The maximum atomic E-state index is 13.5. The minimum absolute atomic E-state index is 0.00952. The molecule has 9 heteroatoms. The zero-order valence-electron chi connectivity index (χ0n) is 22.3. The largest absolute Gasteiger partial charge is 0.445 e. The molecule has 2 heterocycles. The monoisotopic (exact) mass is 524 g/mol. The van der Waals surface area contributed by atoms with Gasteiger partial charge in [-0.25, -0.2) is 4.79 Å². The molecule has 2 amide bonds. The van der Waals surface area contributed by atoms with Gasteiger partial charge in [-0.15, -0.1) is 0 Å². The molecule has 2 saturated heterocycles. The number of nitrogens with zero attached hydrogens (tertiary/aromatic N) is 1. The van der Waals surface area contributed by atoms with Crippen LogP contribution in [0.2, 0.25) is 18.1 Å². The number of carbonyl (C=O) groups is 3. The maximum absolute atomic E-state index is 13.5. The van der Waals surface area contributed by atoms with Crippen LogP contribution in [-0.2, 0) is 18.8 Å². The molecule has 2 aliphatic heterocycles. The van der Waals surface area contributed by atoms with E-state index in [1.165, 1.54) is 0 Å². The van der Waals surface area contributed by atoms with Gasteiger partial charge < -0.3 is 19.4 Å². The third-order valence-corrected chi connectivity index (χ3v) is 14.3. The summed E-state index contributed by atoms with van der Waals surface area (Å²) in [6, 6.07) is -0.121. The lowest BCUT2D eigenvalue weighted by Gasteiger charge is -2.48. The molecule has 1 saturated carbocycles. The summed E-state index contributed by atoms with van der Waals surface area (Å²) in [7, 11) is -2.01. The van der Waals surface area contributed by atoms with Crippen molar-refractivity contribution in [3.63, 3.8) is 0 Å². The lowest BCUT2D eigenvalue weighted by Crippen LogP contribution is -2.67. The molecule has 1 N–H and O–H groups in total. The molecular formula is C26H44N2O5SSi. The maximum Gasteiger partial charge on any atom is 0.410 e. The number of ketones is 1. The van der Waals surface area contributed by atoms with E-state index in [1.54, 1.807) is 22.7 Å². The SMILES string of the molecule is C=CCOC(=O)N1CC[C@H](SC[C@@H]2CCC[C@H]([C@H]3NC(=O)[C@@H]3[C@@H](C)O[Si](C)(C)C(C)(C)C)C2=O)C1. The van der Waals surface area contributed by atoms with E-state index in [4.69, 9.17) is 9.16 Å². The lowest BCUT2D eigenvalue weighted by molar-refractivity contribution is -0.146. The van der Waals surface area contributed by atoms with Crippen molar-refractivity contribution in [1.82, 2.24) is 10.2 Å². The van der Waals surface area contributed by atoms with Crippen LogP contribution < -0.4 is 5.32 Å². The summed E-state index contributed by atoms with van der Waals surface area (Å²) in [5.41, 5.74) is 0. The van der Waals surface area contributed by atoms with E-state index < -0.39 is 8.32 Å². The molecule has 1 aliphatic carbocycles. The summed E-state index contributed by atoms with van der Waals surface area (Å²) in [4.78, 5) is 39.9. The highest BCUT2D eigenvalue weighted by Gasteiger charge is 2.52. The van der Waals surface area contributed by atoms with Gasteiger partial charge in [0, 0.05) is 35.9 Å². The number of Topliss-reactive ketones (excluding diaryl/α,β-unsaturated/α-hetero) is 1. The molecule has 0 radical (unpaired) electrons. The Morgan fingerprint density at radius 1 is 1.29 bits per heavy atom. The Balaban J connectivity index is 1.53. The molecule has 3 fully saturated rings. The number of rotatable bonds is 9. The lowest BCUT2D eigenvalue weighted by atomic mass is 9.69. The number of amides is 2.